The van der Waals surface area contributed by atoms with Crippen LogP contribution in [0.2, 0.25) is 0 Å². The molecule has 0 amide bonds. The Kier molecular flexibility index (Phi) is 62.6. The van der Waals surface area contributed by atoms with E-state index in [1.54, 1.807) is 0 Å². The van der Waals surface area contributed by atoms with Crippen molar-refractivity contribution in [1.29, 1.82) is 0 Å². The van der Waals surface area contributed by atoms with E-state index < -0.39 is 6.10 Å². The zero-order chi connectivity index (χ0) is 54.3. The van der Waals surface area contributed by atoms with E-state index in [0.717, 1.165) is 64.2 Å². The van der Waals surface area contributed by atoms with Crippen LogP contribution in [0.5, 0.6) is 0 Å². The summed E-state index contributed by atoms with van der Waals surface area (Å²) in [5.74, 6) is -0.851. The smallest absolute Gasteiger partial charge is 0.306 e. The molecule has 1 unspecified atom stereocenters. The molecule has 0 saturated carbocycles. The minimum absolute atomic E-state index is 0.0698. The summed E-state index contributed by atoms with van der Waals surface area (Å²) in [6, 6.07) is 0. The van der Waals surface area contributed by atoms with Crippen LogP contribution in [0.15, 0.2) is 24.3 Å². The van der Waals surface area contributed by atoms with Crippen molar-refractivity contribution in [3.63, 3.8) is 0 Å². The zero-order valence-corrected chi connectivity index (χ0v) is 50.8. The van der Waals surface area contributed by atoms with Crippen LogP contribution in [0.1, 0.15) is 380 Å². The van der Waals surface area contributed by atoms with Gasteiger partial charge in [-0.15, -0.1) is 0 Å². The van der Waals surface area contributed by atoms with Gasteiger partial charge in [0.05, 0.1) is 0 Å². The van der Waals surface area contributed by atoms with Crippen molar-refractivity contribution in [3.05, 3.63) is 24.3 Å². The first kappa shape index (κ1) is 72.9. The second-order valence-corrected chi connectivity index (χ2v) is 23.1. The predicted molar refractivity (Wildman–Crippen MR) is 326 cm³/mol. The summed E-state index contributed by atoms with van der Waals surface area (Å²) in [5, 5.41) is 0. The first-order chi connectivity index (χ1) is 37.0. The topological polar surface area (TPSA) is 78.9 Å². The van der Waals surface area contributed by atoms with Gasteiger partial charge in [0.15, 0.2) is 6.10 Å². The fraction of sp³-hybridized carbons (Fsp3) is 0.899. The minimum atomic E-state index is -0.773. The molecule has 0 bridgehead atoms. The molecule has 442 valence electrons. The highest BCUT2D eigenvalue weighted by atomic mass is 16.6. The van der Waals surface area contributed by atoms with Gasteiger partial charge >= 0.3 is 17.9 Å². The van der Waals surface area contributed by atoms with Crippen LogP contribution in [0, 0.1) is 0 Å². The largest absolute Gasteiger partial charge is 0.462 e. The number of hydrogen-bond acceptors (Lipinski definition) is 6. The second kappa shape index (κ2) is 64.4. The van der Waals surface area contributed by atoms with Gasteiger partial charge in [-0.1, -0.05) is 315 Å². The number of esters is 3. The average Bonchev–Trinajstić information content (AvgIpc) is 3.41. The summed E-state index contributed by atoms with van der Waals surface area (Å²) in [7, 11) is 0. The molecule has 0 heterocycles. The van der Waals surface area contributed by atoms with Crippen molar-refractivity contribution in [1.82, 2.24) is 0 Å². The number of carbonyl (C=O) groups is 3. The Labute approximate surface area is 468 Å². The first-order valence-corrected chi connectivity index (χ1v) is 33.8. The van der Waals surface area contributed by atoms with E-state index in [2.05, 4.69) is 45.1 Å². The first-order valence-electron chi connectivity index (χ1n) is 33.8. The predicted octanol–water partition coefficient (Wildman–Crippen LogP) is 23.0. The fourth-order valence-corrected chi connectivity index (χ4v) is 10.3. The molecule has 0 saturated heterocycles. The van der Waals surface area contributed by atoms with Gasteiger partial charge in [-0.25, -0.2) is 0 Å². The lowest BCUT2D eigenvalue weighted by Gasteiger charge is -2.18. The van der Waals surface area contributed by atoms with Crippen LogP contribution in [0.4, 0.5) is 0 Å². The van der Waals surface area contributed by atoms with Gasteiger partial charge in [-0.3, -0.25) is 14.4 Å². The highest BCUT2D eigenvalue weighted by Gasteiger charge is 2.19. The molecule has 0 aliphatic carbocycles. The van der Waals surface area contributed by atoms with Gasteiger partial charge in [-0.2, -0.15) is 0 Å². The second-order valence-electron chi connectivity index (χ2n) is 23.1. The Bertz CT molecular complexity index is 1210. The van der Waals surface area contributed by atoms with Gasteiger partial charge in [-0.05, 0) is 70.6 Å². The molecule has 75 heavy (non-hydrogen) atoms. The lowest BCUT2D eigenvalue weighted by atomic mass is 10.0. The third-order valence-corrected chi connectivity index (χ3v) is 15.4. The van der Waals surface area contributed by atoms with E-state index in [1.807, 2.05) is 0 Å². The number of ether oxygens (including phenoxy) is 3. The molecule has 1 atom stereocenters. The molecular weight excluding hydrogens is 925 g/mol. The molecule has 0 aromatic carbocycles. The Hall–Kier alpha value is -2.11. The molecule has 0 aromatic rings. The highest BCUT2D eigenvalue weighted by molar-refractivity contribution is 5.71. The molecule has 0 aromatic heterocycles. The standard InChI is InChI=1S/C69H130O6/c1-4-7-10-13-16-19-22-25-28-30-32-34-36-38-41-44-47-50-53-56-59-62-68(71)74-65-66(64-73-67(70)61-58-55-52-49-46-43-40-27-24-21-18-15-12-9-6-3)75-69(72)63-60-57-54-51-48-45-42-39-37-35-33-31-29-26-23-20-17-14-11-8-5-2/h27,30,32,40,66H,4-26,28-29,31,33-39,41-65H2,1-3H3/b32-30-,40-27-. The maximum absolute atomic E-state index is 12.9. The van der Waals surface area contributed by atoms with E-state index in [0.29, 0.717) is 19.3 Å². The lowest BCUT2D eigenvalue weighted by Crippen LogP contribution is -2.30. The number of allylic oxidation sites excluding steroid dienone is 4. The number of unbranched alkanes of at least 4 members (excludes halogenated alkanes) is 48. The fourth-order valence-electron chi connectivity index (χ4n) is 10.3. The molecule has 0 radical (unpaired) electrons. The third kappa shape index (κ3) is 62.6. The summed E-state index contributed by atoms with van der Waals surface area (Å²) in [4.78, 5) is 38.4. The van der Waals surface area contributed by atoms with Gasteiger partial charge in [0.25, 0.3) is 0 Å². The quantitative estimate of drug-likeness (QED) is 0.0261. The summed E-state index contributed by atoms with van der Waals surface area (Å²) < 4.78 is 17.0. The SMILES string of the molecule is CCCCCCCC/C=C\CCCCCCCC(=O)OCC(COC(=O)CCCCCCCCCCC/C=C\CCCCCCCCCC)OC(=O)CCCCCCCCCCCCCCCCCCCCCCC. The molecule has 6 nitrogen and oxygen atoms in total. The lowest BCUT2D eigenvalue weighted by molar-refractivity contribution is -0.167. The number of carbonyl (C=O) groups excluding carboxylic acids is 3. The summed E-state index contributed by atoms with van der Waals surface area (Å²) in [6.07, 6.45) is 77.6. The van der Waals surface area contributed by atoms with Gasteiger partial charge in [0.2, 0.25) is 0 Å². The van der Waals surface area contributed by atoms with Crippen molar-refractivity contribution in [3.8, 4) is 0 Å². The van der Waals surface area contributed by atoms with Crippen LogP contribution >= 0.6 is 0 Å². The Morgan fingerprint density at radius 2 is 0.440 bits per heavy atom. The van der Waals surface area contributed by atoms with Crippen LogP contribution in [0.3, 0.4) is 0 Å². The molecular formula is C69H130O6. The summed E-state index contributed by atoms with van der Waals surface area (Å²) in [6.45, 7) is 6.70. The van der Waals surface area contributed by atoms with Crippen molar-refractivity contribution in [2.45, 2.75) is 386 Å². The van der Waals surface area contributed by atoms with Crippen LogP contribution < -0.4 is 0 Å². The number of hydrogen-bond donors (Lipinski definition) is 0. The highest BCUT2D eigenvalue weighted by Crippen LogP contribution is 2.18. The van der Waals surface area contributed by atoms with Crippen molar-refractivity contribution >= 4 is 17.9 Å². The monoisotopic (exact) mass is 1050 g/mol. The van der Waals surface area contributed by atoms with E-state index in [9.17, 15) is 14.4 Å². The van der Waals surface area contributed by atoms with E-state index >= 15 is 0 Å². The summed E-state index contributed by atoms with van der Waals surface area (Å²) in [5.41, 5.74) is 0. The third-order valence-electron chi connectivity index (χ3n) is 15.4. The Morgan fingerprint density at radius 3 is 0.667 bits per heavy atom. The molecule has 0 rings (SSSR count). The minimum Gasteiger partial charge on any atom is -0.462 e. The van der Waals surface area contributed by atoms with Crippen LogP contribution in [0.25, 0.3) is 0 Å². The van der Waals surface area contributed by atoms with E-state index in [-0.39, 0.29) is 31.1 Å². The molecule has 0 aliphatic heterocycles. The van der Waals surface area contributed by atoms with Crippen LogP contribution in [-0.2, 0) is 28.6 Å². The van der Waals surface area contributed by atoms with E-state index in [1.165, 1.54) is 276 Å². The summed E-state index contributed by atoms with van der Waals surface area (Å²) >= 11 is 0. The molecule has 0 fully saturated rings. The molecule has 0 N–H and O–H groups in total. The van der Waals surface area contributed by atoms with Gasteiger partial charge in [0, 0.05) is 19.3 Å². The maximum atomic E-state index is 12.9. The molecule has 0 spiro atoms. The van der Waals surface area contributed by atoms with Crippen molar-refractivity contribution in [2.75, 3.05) is 13.2 Å². The molecule has 0 aliphatic rings. The van der Waals surface area contributed by atoms with E-state index in [4.69, 9.17) is 14.2 Å². The Morgan fingerprint density at radius 1 is 0.253 bits per heavy atom. The number of rotatable bonds is 63. The average molecular weight is 1060 g/mol. The normalized spacial score (nSPS) is 12.1. The molecule has 6 heteroatoms. The Balaban J connectivity index is 4.29. The van der Waals surface area contributed by atoms with Gasteiger partial charge in [0.1, 0.15) is 13.2 Å². The van der Waals surface area contributed by atoms with Crippen molar-refractivity contribution in [2.24, 2.45) is 0 Å². The zero-order valence-electron chi connectivity index (χ0n) is 50.8. The maximum Gasteiger partial charge on any atom is 0.306 e. The van der Waals surface area contributed by atoms with Crippen LogP contribution in [-0.4, -0.2) is 37.2 Å². The van der Waals surface area contributed by atoms with Gasteiger partial charge < -0.3 is 14.2 Å². The van der Waals surface area contributed by atoms with Crippen molar-refractivity contribution < 1.29 is 28.6 Å².